The van der Waals surface area contributed by atoms with Gasteiger partial charge in [0.1, 0.15) is 6.54 Å². The Morgan fingerprint density at radius 2 is 1.60 bits per heavy atom. The molecule has 2 heterocycles. The Morgan fingerprint density at radius 3 is 2.20 bits per heavy atom. The number of rotatable bonds is 5. The van der Waals surface area contributed by atoms with E-state index in [1.54, 1.807) is 18.2 Å². The highest BCUT2D eigenvalue weighted by Crippen LogP contribution is 2.38. The van der Waals surface area contributed by atoms with Crippen LogP contribution in [0.2, 0.25) is 0 Å². The summed E-state index contributed by atoms with van der Waals surface area (Å²) in [6, 6.07) is 5.01. The molecule has 2 saturated heterocycles. The smallest absolute Gasteiger partial charge is 0.248 e. The molecule has 1 aromatic rings. The monoisotopic (exact) mass is 412 g/mol. The van der Waals surface area contributed by atoms with Crippen LogP contribution in [0.15, 0.2) is 18.2 Å². The van der Waals surface area contributed by atoms with E-state index < -0.39 is 11.8 Å². The molecular formula is C22H28N4O4. The summed E-state index contributed by atoms with van der Waals surface area (Å²) in [4.78, 5) is 53.0. The maximum Gasteiger partial charge on any atom is 0.248 e. The Kier molecular flexibility index (Phi) is 5.74. The molecule has 1 aromatic carbocycles. The molecule has 8 nitrogen and oxygen atoms in total. The lowest BCUT2D eigenvalue weighted by Crippen LogP contribution is -2.38. The third kappa shape index (κ3) is 3.91. The van der Waals surface area contributed by atoms with Crippen LogP contribution in [-0.4, -0.2) is 48.2 Å². The molecule has 1 aliphatic carbocycles. The van der Waals surface area contributed by atoms with Crippen molar-refractivity contribution in [1.29, 1.82) is 0 Å². The predicted octanol–water partition coefficient (Wildman–Crippen LogP) is 1.89. The molecule has 2 atom stereocenters. The number of nitrogens with zero attached hydrogens (tertiary/aromatic N) is 2. The summed E-state index contributed by atoms with van der Waals surface area (Å²) < 4.78 is 0. The van der Waals surface area contributed by atoms with Crippen molar-refractivity contribution in [3.8, 4) is 0 Å². The number of amides is 4. The molecule has 2 aliphatic heterocycles. The second-order valence-corrected chi connectivity index (χ2v) is 8.45. The summed E-state index contributed by atoms with van der Waals surface area (Å²) in [6.45, 7) is 1.43. The third-order valence-electron chi connectivity index (χ3n) is 6.49. The number of imide groups is 1. The van der Waals surface area contributed by atoms with E-state index >= 15 is 0 Å². The number of benzene rings is 1. The van der Waals surface area contributed by atoms with Gasteiger partial charge in [-0.2, -0.15) is 0 Å². The molecule has 0 bridgehead atoms. The number of piperidine rings is 1. The van der Waals surface area contributed by atoms with Crippen molar-refractivity contribution in [2.45, 2.75) is 44.9 Å². The van der Waals surface area contributed by atoms with Crippen molar-refractivity contribution >= 4 is 35.0 Å². The number of likely N-dealkylation sites (tertiary alicyclic amines) is 1. The first-order chi connectivity index (χ1) is 14.5. The lowest BCUT2D eigenvalue weighted by molar-refractivity contribution is -0.142. The SMILES string of the molecule is NC(=O)c1ccc(N2CCCCC2)c(NC(=O)CN2C(=O)[C@H]3CCCC[C@@H]3C2=O)c1. The number of fused-ring (bicyclic) bond motifs is 1. The zero-order valence-electron chi connectivity index (χ0n) is 17.1. The molecule has 0 radical (unpaired) electrons. The molecule has 4 amide bonds. The highest BCUT2D eigenvalue weighted by molar-refractivity contribution is 6.09. The maximum absolute atomic E-state index is 12.8. The van der Waals surface area contributed by atoms with Gasteiger partial charge in [0, 0.05) is 18.7 Å². The Labute approximate surface area is 175 Å². The number of anilines is 2. The van der Waals surface area contributed by atoms with Gasteiger partial charge in [0.25, 0.3) is 0 Å². The van der Waals surface area contributed by atoms with Crippen molar-refractivity contribution in [2.75, 3.05) is 29.9 Å². The van der Waals surface area contributed by atoms with E-state index in [4.69, 9.17) is 5.73 Å². The minimum atomic E-state index is -0.579. The summed E-state index contributed by atoms with van der Waals surface area (Å²) >= 11 is 0. The lowest BCUT2D eigenvalue weighted by atomic mass is 9.81. The van der Waals surface area contributed by atoms with E-state index in [1.165, 1.54) is 6.42 Å². The van der Waals surface area contributed by atoms with Crippen molar-refractivity contribution < 1.29 is 19.2 Å². The molecule has 0 aromatic heterocycles. The van der Waals surface area contributed by atoms with Crippen LogP contribution in [-0.2, 0) is 14.4 Å². The van der Waals surface area contributed by atoms with Crippen LogP contribution in [0.25, 0.3) is 0 Å². The fourth-order valence-electron chi connectivity index (χ4n) is 4.92. The summed E-state index contributed by atoms with van der Waals surface area (Å²) in [7, 11) is 0. The molecule has 0 spiro atoms. The second-order valence-electron chi connectivity index (χ2n) is 8.45. The van der Waals surface area contributed by atoms with Gasteiger partial charge in [-0.15, -0.1) is 0 Å². The number of primary amides is 1. The van der Waals surface area contributed by atoms with E-state index in [0.29, 0.717) is 24.1 Å². The molecule has 8 heteroatoms. The molecule has 1 saturated carbocycles. The molecule has 0 unspecified atom stereocenters. The van der Waals surface area contributed by atoms with E-state index in [9.17, 15) is 19.2 Å². The number of hydrogen-bond donors (Lipinski definition) is 2. The highest BCUT2D eigenvalue weighted by atomic mass is 16.2. The van der Waals surface area contributed by atoms with Crippen molar-refractivity contribution in [2.24, 2.45) is 17.6 Å². The molecule has 4 rings (SSSR count). The van der Waals surface area contributed by atoms with E-state index in [2.05, 4.69) is 10.2 Å². The van der Waals surface area contributed by atoms with E-state index in [1.807, 2.05) is 0 Å². The normalized spacial score (nSPS) is 24.0. The van der Waals surface area contributed by atoms with Gasteiger partial charge in [-0.1, -0.05) is 12.8 Å². The highest BCUT2D eigenvalue weighted by Gasteiger charge is 2.48. The minimum absolute atomic E-state index is 0.234. The van der Waals surface area contributed by atoms with Gasteiger partial charge in [0.15, 0.2) is 0 Å². The molecule has 160 valence electrons. The van der Waals surface area contributed by atoms with Gasteiger partial charge >= 0.3 is 0 Å². The largest absolute Gasteiger partial charge is 0.370 e. The molecule has 30 heavy (non-hydrogen) atoms. The maximum atomic E-state index is 12.8. The average molecular weight is 412 g/mol. The summed E-state index contributed by atoms with van der Waals surface area (Å²) in [5.74, 6) is -2.05. The van der Waals surface area contributed by atoms with Crippen molar-refractivity contribution in [3.63, 3.8) is 0 Å². The zero-order chi connectivity index (χ0) is 21.3. The van der Waals surface area contributed by atoms with Crippen LogP contribution < -0.4 is 16.0 Å². The number of carbonyl (C=O) groups is 4. The quantitative estimate of drug-likeness (QED) is 0.717. The first-order valence-electron chi connectivity index (χ1n) is 10.8. The Bertz CT molecular complexity index is 854. The van der Waals surface area contributed by atoms with Gasteiger partial charge in [-0.25, -0.2) is 0 Å². The predicted molar refractivity (Wildman–Crippen MR) is 112 cm³/mol. The van der Waals surface area contributed by atoms with Crippen molar-refractivity contribution in [1.82, 2.24) is 4.90 Å². The summed E-state index contributed by atoms with van der Waals surface area (Å²) in [5.41, 5.74) is 7.01. The average Bonchev–Trinajstić information content (AvgIpc) is 2.99. The van der Waals surface area contributed by atoms with Crippen LogP contribution in [0.1, 0.15) is 55.3 Å². The van der Waals surface area contributed by atoms with Crippen LogP contribution in [0.4, 0.5) is 11.4 Å². The minimum Gasteiger partial charge on any atom is -0.370 e. The van der Waals surface area contributed by atoms with Crippen LogP contribution in [0.3, 0.4) is 0 Å². The lowest BCUT2D eigenvalue weighted by Gasteiger charge is -2.31. The number of nitrogens with one attached hydrogen (secondary N) is 1. The number of carbonyl (C=O) groups excluding carboxylic acids is 4. The molecule has 3 N–H and O–H groups in total. The Balaban J connectivity index is 1.52. The molecule has 3 fully saturated rings. The fraction of sp³-hybridized carbons (Fsp3) is 0.545. The van der Waals surface area contributed by atoms with Gasteiger partial charge in [-0.05, 0) is 50.3 Å². The van der Waals surface area contributed by atoms with Gasteiger partial charge in [0.05, 0.1) is 23.2 Å². The zero-order valence-corrected chi connectivity index (χ0v) is 17.1. The fourth-order valence-corrected chi connectivity index (χ4v) is 4.92. The van der Waals surface area contributed by atoms with Crippen LogP contribution >= 0.6 is 0 Å². The van der Waals surface area contributed by atoms with Crippen molar-refractivity contribution in [3.05, 3.63) is 23.8 Å². The Morgan fingerprint density at radius 1 is 0.967 bits per heavy atom. The molecular weight excluding hydrogens is 384 g/mol. The topological polar surface area (TPSA) is 113 Å². The summed E-state index contributed by atoms with van der Waals surface area (Å²) in [6.07, 6.45) is 6.60. The third-order valence-corrected chi connectivity index (χ3v) is 6.49. The summed E-state index contributed by atoms with van der Waals surface area (Å²) in [5, 5.41) is 2.82. The van der Waals surface area contributed by atoms with Gasteiger partial charge in [0.2, 0.25) is 23.6 Å². The second kappa shape index (κ2) is 8.45. The first-order valence-corrected chi connectivity index (χ1v) is 10.8. The standard InChI is InChI=1S/C22H28N4O4/c23-20(28)14-8-9-18(25-10-4-1-5-11-25)17(12-14)24-19(27)13-26-21(29)15-6-2-3-7-16(15)22(26)30/h8-9,12,15-16H,1-7,10-11,13H2,(H2,23,28)(H,24,27)/t15-,16-/m0/s1. The Hall–Kier alpha value is -2.90. The number of hydrogen-bond acceptors (Lipinski definition) is 5. The first kappa shape index (κ1) is 20.4. The van der Waals surface area contributed by atoms with Crippen LogP contribution in [0.5, 0.6) is 0 Å². The molecule has 3 aliphatic rings. The van der Waals surface area contributed by atoms with E-state index in [0.717, 1.165) is 49.4 Å². The van der Waals surface area contributed by atoms with Gasteiger partial charge < -0.3 is 16.0 Å². The van der Waals surface area contributed by atoms with Gasteiger partial charge in [-0.3, -0.25) is 24.1 Å². The van der Waals surface area contributed by atoms with Crippen LogP contribution in [0, 0.1) is 11.8 Å². The number of nitrogens with two attached hydrogens (primary N) is 1. The van der Waals surface area contributed by atoms with E-state index in [-0.39, 0.29) is 30.2 Å².